The topological polar surface area (TPSA) is 75.4 Å². The maximum Gasteiger partial charge on any atom is 0.253 e. The Morgan fingerprint density at radius 1 is 1.15 bits per heavy atom. The third-order valence-electron chi connectivity index (χ3n) is 4.48. The van der Waals surface area contributed by atoms with Crippen LogP contribution in [0.25, 0.3) is 11.5 Å². The summed E-state index contributed by atoms with van der Waals surface area (Å²) in [6, 6.07) is 13.2. The molecule has 0 N–H and O–H groups in total. The number of aromatic nitrogens is 3. The molecule has 1 saturated heterocycles. The van der Waals surface area contributed by atoms with E-state index in [-0.39, 0.29) is 11.8 Å². The lowest BCUT2D eigenvalue weighted by Crippen LogP contribution is -2.48. The second-order valence-corrected chi connectivity index (χ2v) is 6.52. The van der Waals surface area contributed by atoms with Crippen molar-refractivity contribution in [3.8, 4) is 11.5 Å². The lowest BCUT2D eigenvalue weighted by Gasteiger charge is -2.37. The van der Waals surface area contributed by atoms with Gasteiger partial charge in [-0.25, -0.2) is 0 Å². The van der Waals surface area contributed by atoms with Crippen LogP contribution >= 0.6 is 0 Å². The molecule has 2 aromatic heterocycles. The number of carbonyl (C=O) groups excluding carboxylic acids is 1. The minimum atomic E-state index is 0.0241. The van der Waals surface area contributed by atoms with E-state index < -0.39 is 0 Å². The van der Waals surface area contributed by atoms with Crippen molar-refractivity contribution in [2.75, 3.05) is 32.1 Å². The summed E-state index contributed by atoms with van der Waals surface area (Å²) in [6.45, 7) is 1.16. The van der Waals surface area contributed by atoms with Crippen LogP contribution in [-0.4, -0.2) is 53.1 Å². The van der Waals surface area contributed by atoms with Crippen molar-refractivity contribution >= 4 is 11.6 Å². The lowest BCUT2D eigenvalue weighted by atomic mass is 9.98. The monoisotopic (exact) mass is 349 g/mol. The third-order valence-corrected chi connectivity index (χ3v) is 4.48. The predicted molar refractivity (Wildman–Crippen MR) is 96.9 cm³/mol. The molecule has 1 amide bonds. The zero-order chi connectivity index (χ0) is 18.1. The van der Waals surface area contributed by atoms with E-state index in [4.69, 9.17) is 4.52 Å². The van der Waals surface area contributed by atoms with Gasteiger partial charge in [0, 0.05) is 44.6 Å². The van der Waals surface area contributed by atoms with Gasteiger partial charge in [-0.1, -0.05) is 11.2 Å². The third kappa shape index (κ3) is 3.03. The number of amides is 1. The smallest absolute Gasteiger partial charge is 0.253 e. The van der Waals surface area contributed by atoms with Gasteiger partial charge in [0.2, 0.25) is 11.7 Å². The van der Waals surface area contributed by atoms with Crippen molar-refractivity contribution in [2.45, 2.75) is 5.92 Å². The molecule has 26 heavy (non-hydrogen) atoms. The van der Waals surface area contributed by atoms with Crippen LogP contribution in [0.1, 0.15) is 22.2 Å². The summed E-state index contributed by atoms with van der Waals surface area (Å²) in [7, 11) is 3.95. The molecule has 1 aromatic carbocycles. The number of likely N-dealkylation sites (tertiary alicyclic amines) is 1. The molecule has 1 fully saturated rings. The van der Waals surface area contributed by atoms with Crippen LogP contribution in [-0.2, 0) is 0 Å². The number of nitrogens with zero attached hydrogens (tertiary/aromatic N) is 5. The maximum atomic E-state index is 12.5. The van der Waals surface area contributed by atoms with Crippen molar-refractivity contribution in [1.82, 2.24) is 20.0 Å². The molecule has 0 bridgehead atoms. The minimum Gasteiger partial charge on any atom is -0.378 e. The summed E-state index contributed by atoms with van der Waals surface area (Å²) in [5.41, 5.74) is 2.43. The molecule has 7 nitrogen and oxygen atoms in total. The molecular weight excluding hydrogens is 330 g/mol. The zero-order valence-corrected chi connectivity index (χ0v) is 14.7. The quantitative estimate of drug-likeness (QED) is 0.720. The minimum absolute atomic E-state index is 0.0241. The van der Waals surface area contributed by atoms with Crippen LogP contribution in [0.2, 0.25) is 0 Å². The molecule has 0 radical (unpaired) electrons. The van der Waals surface area contributed by atoms with Crippen molar-refractivity contribution in [2.24, 2.45) is 0 Å². The van der Waals surface area contributed by atoms with E-state index in [1.54, 1.807) is 11.1 Å². The van der Waals surface area contributed by atoms with Crippen molar-refractivity contribution in [3.05, 3.63) is 60.1 Å². The molecule has 0 atom stereocenters. The molecule has 0 aliphatic carbocycles. The highest BCUT2D eigenvalue weighted by Gasteiger charge is 2.36. The summed E-state index contributed by atoms with van der Waals surface area (Å²) in [4.78, 5) is 25.0. The normalized spacial score (nSPS) is 14.2. The van der Waals surface area contributed by atoms with Crippen LogP contribution in [0.5, 0.6) is 0 Å². The van der Waals surface area contributed by atoms with Gasteiger partial charge in [0.25, 0.3) is 5.91 Å². The van der Waals surface area contributed by atoms with Gasteiger partial charge in [0.1, 0.15) is 5.69 Å². The largest absolute Gasteiger partial charge is 0.378 e. The molecule has 0 saturated carbocycles. The van der Waals surface area contributed by atoms with Crippen LogP contribution in [0, 0.1) is 0 Å². The van der Waals surface area contributed by atoms with Gasteiger partial charge >= 0.3 is 0 Å². The number of rotatable bonds is 4. The van der Waals surface area contributed by atoms with E-state index in [0.717, 1.165) is 5.69 Å². The van der Waals surface area contributed by atoms with E-state index in [2.05, 4.69) is 15.1 Å². The van der Waals surface area contributed by atoms with Crippen LogP contribution in [0.3, 0.4) is 0 Å². The highest BCUT2D eigenvalue weighted by Crippen LogP contribution is 2.28. The lowest BCUT2D eigenvalue weighted by molar-refractivity contribution is 0.0569. The van der Waals surface area contributed by atoms with Crippen LogP contribution in [0.15, 0.2) is 53.2 Å². The van der Waals surface area contributed by atoms with Gasteiger partial charge in [0.05, 0.1) is 5.92 Å². The maximum absolute atomic E-state index is 12.5. The summed E-state index contributed by atoms with van der Waals surface area (Å²) in [5, 5.41) is 3.99. The van der Waals surface area contributed by atoms with Gasteiger partial charge in [-0.05, 0) is 36.4 Å². The second-order valence-electron chi connectivity index (χ2n) is 6.52. The Morgan fingerprint density at radius 3 is 2.58 bits per heavy atom. The molecule has 1 aliphatic heterocycles. The predicted octanol–water partition coefficient (Wildman–Crippen LogP) is 2.44. The molecule has 4 rings (SSSR count). The molecular formula is C19H19N5O2. The molecule has 7 heteroatoms. The fourth-order valence-corrected chi connectivity index (χ4v) is 2.89. The van der Waals surface area contributed by atoms with Gasteiger partial charge in [-0.3, -0.25) is 9.78 Å². The highest BCUT2D eigenvalue weighted by molar-refractivity contribution is 5.95. The van der Waals surface area contributed by atoms with Crippen molar-refractivity contribution in [1.29, 1.82) is 0 Å². The number of anilines is 1. The second kappa shape index (κ2) is 6.59. The number of carbonyl (C=O) groups is 1. The molecule has 1 aliphatic rings. The Hall–Kier alpha value is -3.22. The first-order valence-electron chi connectivity index (χ1n) is 8.43. The molecule has 0 spiro atoms. The van der Waals surface area contributed by atoms with E-state index >= 15 is 0 Å². The Bertz CT molecular complexity index is 899. The number of benzene rings is 1. The fraction of sp³-hybridized carbons (Fsp3) is 0.263. The van der Waals surface area contributed by atoms with Gasteiger partial charge in [-0.2, -0.15) is 4.98 Å². The van der Waals surface area contributed by atoms with Crippen molar-refractivity contribution in [3.63, 3.8) is 0 Å². The first-order valence-corrected chi connectivity index (χ1v) is 8.43. The first kappa shape index (κ1) is 16.3. The molecule has 0 unspecified atom stereocenters. The Kier molecular flexibility index (Phi) is 4.12. The first-order chi connectivity index (χ1) is 12.6. The fourth-order valence-electron chi connectivity index (χ4n) is 2.89. The number of hydrogen-bond donors (Lipinski definition) is 0. The van der Waals surface area contributed by atoms with Crippen molar-refractivity contribution < 1.29 is 9.32 Å². The van der Waals surface area contributed by atoms with E-state index in [1.165, 1.54) is 0 Å². The Labute approximate surface area is 151 Å². The van der Waals surface area contributed by atoms with Crippen LogP contribution in [0.4, 0.5) is 5.69 Å². The highest BCUT2D eigenvalue weighted by atomic mass is 16.5. The van der Waals surface area contributed by atoms with E-state index in [1.807, 2.05) is 61.5 Å². The van der Waals surface area contributed by atoms with Crippen LogP contribution < -0.4 is 4.90 Å². The van der Waals surface area contributed by atoms with Gasteiger partial charge in [-0.15, -0.1) is 0 Å². The van der Waals surface area contributed by atoms with E-state index in [9.17, 15) is 4.79 Å². The molecule has 3 aromatic rings. The number of hydrogen-bond acceptors (Lipinski definition) is 6. The standard InChI is InChI=1S/C19H19N5O2/c1-23(2)15-8-6-13(7-9-15)19(25)24-11-14(12-24)18-21-17(22-26-18)16-5-3-4-10-20-16/h3-10,14H,11-12H2,1-2H3. The summed E-state index contributed by atoms with van der Waals surface area (Å²) < 4.78 is 5.35. The Morgan fingerprint density at radius 2 is 1.92 bits per heavy atom. The van der Waals surface area contributed by atoms with Gasteiger partial charge in [0.15, 0.2) is 0 Å². The summed E-state index contributed by atoms with van der Waals surface area (Å²) in [6.07, 6.45) is 1.69. The average molecular weight is 349 g/mol. The molecule has 132 valence electrons. The van der Waals surface area contributed by atoms with Gasteiger partial charge < -0.3 is 14.3 Å². The summed E-state index contributed by atoms with van der Waals surface area (Å²) in [5.74, 6) is 1.13. The Balaban J connectivity index is 1.39. The SMILES string of the molecule is CN(C)c1ccc(C(=O)N2CC(c3nc(-c4ccccn4)no3)C2)cc1. The van der Waals surface area contributed by atoms with E-state index in [0.29, 0.717) is 36.1 Å². The number of pyridine rings is 1. The average Bonchev–Trinajstić information content (AvgIpc) is 3.11. The molecule has 3 heterocycles. The summed E-state index contributed by atoms with van der Waals surface area (Å²) >= 11 is 0. The zero-order valence-electron chi connectivity index (χ0n) is 14.7.